The van der Waals surface area contributed by atoms with Crippen LogP contribution < -0.4 is 4.90 Å². The van der Waals surface area contributed by atoms with E-state index in [1.807, 2.05) is 37.3 Å². The van der Waals surface area contributed by atoms with Gasteiger partial charge >= 0.3 is 0 Å². The number of imide groups is 1. The molecule has 1 fully saturated rings. The summed E-state index contributed by atoms with van der Waals surface area (Å²) in [4.78, 5) is 32.7. The highest BCUT2D eigenvalue weighted by Gasteiger charge is 2.43. The Labute approximate surface area is 176 Å². The molecule has 2 aromatic carbocycles. The maximum absolute atomic E-state index is 13.5. The summed E-state index contributed by atoms with van der Waals surface area (Å²) in [6.07, 6.45) is 0. The van der Waals surface area contributed by atoms with E-state index in [1.165, 1.54) is 4.90 Å². The quantitative estimate of drug-likeness (QED) is 0.724. The highest BCUT2D eigenvalue weighted by molar-refractivity contribution is 6.45. The van der Waals surface area contributed by atoms with E-state index in [-0.39, 0.29) is 11.8 Å². The lowest BCUT2D eigenvalue weighted by Crippen LogP contribution is -2.47. The monoisotopic (exact) mass is 409 g/mol. The molecular weight excluding hydrogens is 386 g/mol. The average Bonchev–Trinajstić information content (AvgIpc) is 2.99. The molecule has 6 heteroatoms. The van der Waals surface area contributed by atoms with Gasteiger partial charge in [0.1, 0.15) is 5.70 Å². The van der Waals surface area contributed by atoms with E-state index in [0.29, 0.717) is 22.0 Å². The molecule has 0 atom stereocenters. The summed E-state index contributed by atoms with van der Waals surface area (Å²) in [5.74, 6) is -0.536. The summed E-state index contributed by atoms with van der Waals surface area (Å²) in [7, 11) is 0. The normalized spacial score (nSPS) is 18.2. The minimum Gasteiger partial charge on any atom is -0.364 e. The van der Waals surface area contributed by atoms with Gasteiger partial charge in [-0.25, -0.2) is 4.90 Å². The van der Waals surface area contributed by atoms with Crippen molar-refractivity contribution in [2.24, 2.45) is 0 Å². The molecule has 2 aliphatic heterocycles. The van der Waals surface area contributed by atoms with Gasteiger partial charge in [0, 0.05) is 31.2 Å². The second kappa shape index (κ2) is 8.01. The van der Waals surface area contributed by atoms with Crippen molar-refractivity contribution >= 4 is 34.7 Å². The predicted octanol–water partition coefficient (Wildman–Crippen LogP) is 3.57. The predicted molar refractivity (Wildman–Crippen MR) is 116 cm³/mol. The van der Waals surface area contributed by atoms with Crippen LogP contribution in [0.5, 0.6) is 0 Å². The van der Waals surface area contributed by atoms with E-state index >= 15 is 0 Å². The smallest absolute Gasteiger partial charge is 0.282 e. The average molecular weight is 410 g/mol. The Hall–Kier alpha value is -2.63. The number of halogens is 1. The van der Waals surface area contributed by atoms with Gasteiger partial charge in [0.05, 0.1) is 11.3 Å². The van der Waals surface area contributed by atoms with Crippen LogP contribution in [0.25, 0.3) is 5.57 Å². The zero-order chi connectivity index (χ0) is 20.5. The summed E-state index contributed by atoms with van der Waals surface area (Å²) >= 11 is 6.05. The number of likely N-dealkylation sites (N-methyl/N-ethyl adjacent to an activating group) is 1. The number of aryl methyl sites for hydroxylation is 1. The maximum atomic E-state index is 13.5. The lowest BCUT2D eigenvalue weighted by Gasteiger charge is -2.36. The number of carbonyl (C=O) groups is 2. The topological polar surface area (TPSA) is 43.9 Å². The number of hydrogen-bond acceptors (Lipinski definition) is 4. The molecule has 0 aliphatic carbocycles. The molecule has 2 heterocycles. The highest BCUT2D eigenvalue weighted by atomic mass is 35.5. The molecule has 5 nitrogen and oxygen atoms in total. The molecule has 4 rings (SSSR count). The van der Waals surface area contributed by atoms with Gasteiger partial charge < -0.3 is 9.80 Å². The Balaban J connectivity index is 1.78. The van der Waals surface area contributed by atoms with Crippen molar-refractivity contribution in [1.82, 2.24) is 9.80 Å². The van der Waals surface area contributed by atoms with E-state index in [4.69, 9.17) is 11.6 Å². The second-order valence-electron chi connectivity index (χ2n) is 7.44. The number of nitrogens with zero attached hydrogens (tertiary/aromatic N) is 3. The van der Waals surface area contributed by atoms with Crippen molar-refractivity contribution in [2.75, 3.05) is 37.6 Å². The first kappa shape index (κ1) is 19.7. The van der Waals surface area contributed by atoms with Gasteiger partial charge in [-0.15, -0.1) is 0 Å². The fraction of sp³-hybridized carbons (Fsp3) is 0.304. The van der Waals surface area contributed by atoms with E-state index in [9.17, 15) is 9.59 Å². The summed E-state index contributed by atoms with van der Waals surface area (Å²) in [5, 5.41) is 0.597. The van der Waals surface area contributed by atoms with E-state index in [0.717, 1.165) is 43.9 Å². The second-order valence-corrected chi connectivity index (χ2v) is 7.87. The maximum Gasteiger partial charge on any atom is 0.282 e. The minimum atomic E-state index is -0.282. The van der Waals surface area contributed by atoms with Gasteiger partial charge in [0.25, 0.3) is 11.8 Å². The van der Waals surface area contributed by atoms with Crippen LogP contribution in [0.4, 0.5) is 5.69 Å². The molecule has 0 unspecified atom stereocenters. The molecule has 0 N–H and O–H groups in total. The van der Waals surface area contributed by atoms with Crippen molar-refractivity contribution in [3.63, 3.8) is 0 Å². The van der Waals surface area contributed by atoms with Gasteiger partial charge in [-0.1, -0.05) is 42.8 Å². The van der Waals surface area contributed by atoms with Crippen molar-refractivity contribution in [2.45, 2.75) is 13.8 Å². The number of carbonyl (C=O) groups excluding carboxylic acids is 2. The SMILES string of the molecule is CCN1CCN(C2=C(c3ccc(Cl)cc3)C(=O)N(c3cccc(C)c3)C2=O)CC1. The third-order valence-electron chi connectivity index (χ3n) is 5.59. The number of rotatable bonds is 4. The van der Waals surface area contributed by atoms with Crippen LogP contribution in [-0.2, 0) is 9.59 Å². The van der Waals surface area contributed by atoms with Crippen LogP contribution in [0.1, 0.15) is 18.1 Å². The van der Waals surface area contributed by atoms with Crippen LogP contribution in [0.2, 0.25) is 5.02 Å². The largest absolute Gasteiger partial charge is 0.364 e. The van der Waals surface area contributed by atoms with Gasteiger partial charge in [-0.05, 0) is 48.9 Å². The fourth-order valence-corrected chi connectivity index (χ4v) is 4.10. The molecule has 0 spiro atoms. The van der Waals surface area contributed by atoms with Crippen LogP contribution in [0, 0.1) is 6.92 Å². The Bertz CT molecular complexity index is 976. The number of amides is 2. The molecule has 150 valence electrons. The van der Waals surface area contributed by atoms with Gasteiger partial charge in [-0.3, -0.25) is 9.59 Å². The molecule has 2 amide bonds. The van der Waals surface area contributed by atoms with Crippen LogP contribution in [0.3, 0.4) is 0 Å². The van der Waals surface area contributed by atoms with E-state index < -0.39 is 0 Å². The zero-order valence-corrected chi connectivity index (χ0v) is 17.4. The third-order valence-corrected chi connectivity index (χ3v) is 5.84. The van der Waals surface area contributed by atoms with Crippen LogP contribution in [0.15, 0.2) is 54.2 Å². The molecule has 1 saturated heterocycles. The highest BCUT2D eigenvalue weighted by Crippen LogP contribution is 2.35. The van der Waals surface area contributed by atoms with Gasteiger partial charge in [0.15, 0.2) is 0 Å². The molecule has 0 radical (unpaired) electrons. The molecular formula is C23H24ClN3O2. The Morgan fingerprint density at radius 1 is 0.931 bits per heavy atom. The number of anilines is 1. The lowest BCUT2D eigenvalue weighted by atomic mass is 10.0. The Morgan fingerprint density at radius 2 is 1.62 bits per heavy atom. The minimum absolute atomic E-state index is 0.254. The van der Waals surface area contributed by atoms with Crippen LogP contribution in [-0.4, -0.2) is 54.3 Å². The summed E-state index contributed by atoms with van der Waals surface area (Å²) in [6, 6.07) is 14.6. The molecule has 0 aromatic heterocycles. The number of benzene rings is 2. The molecule has 2 aromatic rings. The number of hydrogen-bond donors (Lipinski definition) is 0. The Kier molecular flexibility index (Phi) is 5.43. The standard InChI is InChI=1S/C23H24ClN3O2/c1-3-25-11-13-26(14-12-25)21-20(17-7-9-18(24)10-8-17)22(28)27(23(21)29)19-6-4-5-16(2)15-19/h4-10,15H,3,11-14H2,1-2H3. The molecule has 0 saturated carbocycles. The van der Waals surface area contributed by atoms with Gasteiger partial charge in [-0.2, -0.15) is 0 Å². The summed E-state index contributed by atoms with van der Waals surface area (Å²) < 4.78 is 0. The summed E-state index contributed by atoms with van der Waals surface area (Å²) in [5.41, 5.74) is 3.28. The molecule has 0 bridgehead atoms. The van der Waals surface area contributed by atoms with Crippen molar-refractivity contribution in [1.29, 1.82) is 0 Å². The molecule has 2 aliphatic rings. The first-order valence-electron chi connectivity index (χ1n) is 9.92. The lowest BCUT2D eigenvalue weighted by molar-refractivity contribution is -0.120. The molecule has 29 heavy (non-hydrogen) atoms. The first-order chi connectivity index (χ1) is 14.0. The van der Waals surface area contributed by atoms with Crippen LogP contribution >= 0.6 is 11.6 Å². The Morgan fingerprint density at radius 3 is 2.24 bits per heavy atom. The van der Waals surface area contributed by atoms with Gasteiger partial charge in [0.2, 0.25) is 0 Å². The number of piperazine rings is 1. The van der Waals surface area contributed by atoms with Crippen molar-refractivity contribution < 1.29 is 9.59 Å². The third kappa shape index (κ3) is 3.68. The first-order valence-corrected chi connectivity index (χ1v) is 10.3. The summed E-state index contributed by atoms with van der Waals surface area (Å²) in [6.45, 7) is 8.27. The zero-order valence-electron chi connectivity index (χ0n) is 16.7. The van der Waals surface area contributed by atoms with E-state index in [2.05, 4.69) is 16.7 Å². The fourth-order valence-electron chi connectivity index (χ4n) is 3.98. The van der Waals surface area contributed by atoms with E-state index in [1.54, 1.807) is 18.2 Å². The van der Waals surface area contributed by atoms with Crippen molar-refractivity contribution in [3.8, 4) is 0 Å². The van der Waals surface area contributed by atoms with Crippen molar-refractivity contribution in [3.05, 3.63) is 70.4 Å².